The first-order chi connectivity index (χ1) is 5.91. The topological polar surface area (TPSA) is 41.6 Å². The zero-order chi connectivity index (χ0) is 10.1. The highest BCUT2D eigenvalue weighted by Gasteiger charge is 2.38. The van der Waals surface area contributed by atoms with Crippen LogP contribution in [0.1, 0.15) is 20.3 Å². The third-order valence-corrected chi connectivity index (χ3v) is 1.88. The number of hydrogen-bond donors (Lipinski definition) is 1. The van der Waals surface area contributed by atoms with Gasteiger partial charge in [0, 0.05) is 19.0 Å². The normalized spacial score (nSPS) is 22.8. The molecule has 1 heterocycles. The van der Waals surface area contributed by atoms with Gasteiger partial charge in [0.2, 0.25) is 0 Å². The number of halogens is 2. The van der Waals surface area contributed by atoms with Crippen molar-refractivity contribution in [3.63, 3.8) is 0 Å². The molecule has 1 aliphatic heterocycles. The molecule has 0 saturated carbocycles. The van der Waals surface area contributed by atoms with E-state index in [2.05, 4.69) is 4.99 Å². The first kappa shape index (κ1) is 10.2. The molecule has 0 amide bonds. The average Bonchev–Trinajstić information content (AvgIpc) is 2.28. The Labute approximate surface area is 76.6 Å². The molecule has 1 aliphatic rings. The predicted molar refractivity (Wildman–Crippen MR) is 47.9 cm³/mol. The third kappa shape index (κ3) is 2.82. The number of guanidine groups is 1. The Hall–Kier alpha value is -0.870. The van der Waals surface area contributed by atoms with E-state index in [-0.39, 0.29) is 25.0 Å². The molecule has 0 aromatic carbocycles. The smallest absolute Gasteiger partial charge is 0.267 e. The van der Waals surface area contributed by atoms with Crippen LogP contribution in [-0.2, 0) is 0 Å². The number of likely N-dealkylation sites (tertiary alicyclic amines) is 1. The highest BCUT2D eigenvalue weighted by Crippen LogP contribution is 2.26. The van der Waals surface area contributed by atoms with Crippen LogP contribution in [0.25, 0.3) is 0 Å². The van der Waals surface area contributed by atoms with Gasteiger partial charge in [0.05, 0.1) is 6.54 Å². The summed E-state index contributed by atoms with van der Waals surface area (Å²) in [5, 5.41) is 0. The maximum Gasteiger partial charge on any atom is 0.267 e. The lowest BCUT2D eigenvalue weighted by Gasteiger charge is -2.17. The molecule has 3 nitrogen and oxygen atoms in total. The van der Waals surface area contributed by atoms with E-state index < -0.39 is 5.92 Å². The third-order valence-electron chi connectivity index (χ3n) is 1.88. The number of aliphatic imine (C=N–C) groups is 1. The van der Waals surface area contributed by atoms with Gasteiger partial charge in [-0.1, -0.05) is 0 Å². The standard InChI is InChI=1S/C8H15F2N3/c1-6(2)12-7(11)13-4-3-8(9,10)5-13/h6H,3-5H2,1-2H3,(H2,11,12). The molecular formula is C8H15F2N3. The molecule has 13 heavy (non-hydrogen) atoms. The van der Waals surface area contributed by atoms with Crippen LogP contribution < -0.4 is 5.73 Å². The summed E-state index contributed by atoms with van der Waals surface area (Å²) in [5.41, 5.74) is 5.54. The maximum atomic E-state index is 12.7. The molecule has 1 fully saturated rings. The van der Waals surface area contributed by atoms with Crippen LogP contribution in [0.15, 0.2) is 4.99 Å². The Morgan fingerprint density at radius 1 is 1.54 bits per heavy atom. The van der Waals surface area contributed by atoms with Crippen molar-refractivity contribution in [2.45, 2.75) is 32.2 Å². The van der Waals surface area contributed by atoms with E-state index in [1.807, 2.05) is 13.8 Å². The molecule has 5 heteroatoms. The van der Waals surface area contributed by atoms with Crippen molar-refractivity contribution in [3.05, 3.63) is 0 Å². The van der Waals surface area contributed by atoms with Crippen LogP contribution in [-0.4, -0.2) is 35.9 Å². The van der Waals surface area contributed by atoms with E-state index in [0.717, 1.165) is 0 Å². The van der Waals surface area contributed by atoms with Crippen molar-refractivity contribution in [1.29, 1.82) is 0 Å². The van der Waals surface area contributed by atoms with Crippen LogP contribution in [0, 0.1) is 0 Å². The Morgan fingerprint density at radius 2 is 2.15 bits per heavy atom. The van der Waals surface area contributed by atoms with Gasteiger partial charge in [-0.05, 0) is 13.8 Å². The Balaban J connectivity index is 2.56. The molecule has 0 bridgehead atoms. The Kier molecular flexibility index (Phi) is 2.73. The molecule has 0 aromatic heterocycles. The first-order valence-electron chi connectivity index (χ1n) is 4.37. The lowest BCUT2D eigenvalue weighted by Crippen LogP contribution is -2.37. The molecule has 0 atom stereocenters. The van der Waals surface area contributed by atoms with E-state index in [1.165, 1.54) is 4.90 Å². The lowest BCUT2D eigenvalue weighted by atomic mass is 10.3. The van der Waals surface area contributed by atoms with Crippen LogP contribution in [0.2, 0.25) is 0 Å². The number of alkyl halides is 2. The monoisotopic (exact) mass is 191 g/mol. The second-order valence-electron chi connectivity index (χ2n) is 3.61. The largest absolute Gasteiger partial charge is 0.370 e. The summed E-state index contributed by atoms with van der Waals surface area (Å²) in [6.45, 7) is 3.73. The number of rotatable bonds is 1. The van der Waals surface area contributed by atoms with Gasteiger partial charge in [0.15, 0.2) is 5.96 Å². The summed E-state index contributed by atoms with van der Waals surface area (Å²) < 4.78 is 25.5. The van der Waals surface area contributed by atoms with Crippen LogP contribution >= 0.6 is 0 Å². The van der Waals surface area contributed by atoms with Crippen molar-refractivity contribution < 1.29 is 8.78 Å². The predicted octanol–water partition coefficient (Wildman–Crippen LogP) is 1.05. The van der Waals surface area contributed by atoms with E-state index in [1.54, 1.807) is 0 Å². The number of nitrogens with two attached hydrogens (primary N) is 1. The molecular weight excluding hydrogens is 176 g/mol. The van der Waals surface area contributed by atoms with Gasteiger partial charge in [0.1, 0.15) is 0 Å². The van der Waals surface area contributed by atoms with Gasteiger partial charge in [0.25, 0.3) is 5.92 Å². The van der Waals surface area contributed by atoms with Gasteiger partial charge in [-0.25, -0.2) is 8.78 Å². The van der Waals surface area contributed by atoms with Gasteiger partial charge in [-0.15, -0.1) is 0 Å². The van der Waals surface area contributed by atoms with Crippen molar-refractivity contribution in [2.24, 2.45) is 10.7 Å². The van der Waals surface area contributed by atoms with Crippen LogP contribution in [0.5, 0.6) is 0 Å². The molecule has 2 N–H and O–H groups in total. The van der Waals surface area contributed by atoms with Crippen LogP contribution in [0.3, 0.4) is 0 Å². The summed E-state index contributed by atoms with van der Waals surface area (Å²) in [6.07, 6.45) is -0.124. The van der Waals surface area contributed by atoms with Crippen molar-refractivity contribution in [2.75, 3.05) is 13.1 Å². The summed E-state index contributed by atoms with van der Waals surface area (Å²) in [6, 6.07) is 0.0502. The van der Waals surface area contributed by atoms with Crippen LogP contribution in [0.4, 0.5) is 8.78 Å². The van der Waals surface area contributed by atoms with Crippen molar-refractivity contribution in [3.8, 4) is 0 Å². The zero-order valence-corrected chi connectivity index (χ0v) is 7.93. The first-order valence-corrected chi connectivity index (χ1v) is 4.37. The fraction of sp³-hybridized carbons (Fsp3) is 0.875. The molecule has 0 radical (unpaired) electrons. The molecule has 0 aromatic rings. The SMILES string of the molecule is CC(C)N=C(N)N1CCC(F)(F)C1. The van der Waals surface area contributed by atoms with Gasteiger partial charge < -0.3 is 10.6 Å². The number of nitrogens with zero attached hydrogens (tertiary/aromatic N) is 2. The van der Waals surface area contributed by atoms with Gasteiger partial charge in [-0.2, -0.15) is 0 Å². The second kappa shape index (κ2) is 3.47. The molecule has 76 valence electrons. The summed E-state index contributed by atoms with van der Waals surface area (Å²) in [5.74, 6) is -2.37. The fourth-order valence-electron chi connectivity index (χ4n) is 1.28. The molecule has 0 unspecified atom stereocenters. The minimum atomic E-state index is -2.60. The highest BCUT2D eigenvalue weighted by molar-refractivity contribution is 5.78. The molecule has 0 aliphatic carbocycles. The fourth-order valence-corrected chi connectivity index (χ4v) is 1.28. The molecule has 1 saturated heterocycles. The molecule has 0 spiro atoms. The van der Waals surface area contributed by atoms with E-state index in [4.69, 9.17) is 5.73 Å². The maximum absolute atomic E-state index is 12.7. The van der Waals surface area contributed by atoms with E-state index >= 15 is 0 Å². The minimum Gasteiger partial charge on any atom is -0.370 e. The quantitative estimate of drug-likeness (QED) is 0.497. The minimum absolute atomic E-state index is 0.0502. The van der Waals surface area contributed by atoms with Crippen molar-refractivity contribution >= 4 is 5.96 Å². The Bertz CT molecular complexity index is 213. The average molecular weight is 191 g/mol. The van der Waals surface area contributed by atoms with E-state index in [0.29, 0.717) is 6.54 Å². The van der Waals surface area contributed by atoms with Gasteiger partial charge in [-0.3, -0.25) is 4.99 Å². The van der Waals surface area contributed by atoms with E-state index in [9.17, 15) is 8.78 Å². The Morgan fingerprint density at radius 3 is 2.54 bits per heavy atom. The summed E-state index contributed by atoms with van der Waals surface area (Å²) in [7, 11) is 0. The van der Waals surface area contributed by atoms with Crippen molar-refractivity contribution in [1.82, 2.24) is 4.90 Å². The summed E-state index contributed by atoms with van der Waals surface area (Å²) >= 11 is 0. The zero-order valence-electron chi connectivity index (χ0n) is 7.93. The van der Waals surface area contributed by atoms with Gasteiger partial charge >= 0.3 is 0 Å². The highest BCUT2D eigenvalue weighted by atomic mass is 19.3. The lowest BCUT2D eigenvalue weighted by molar-refractivity contribution is 0.0174. The second-order valence-corrected chi connectivity index (χ2v) is 3.61. The molecule has 1 rings (SSSR count). The summed E-state index contributed by atoms with van der Waals surface area (Å²) in [4.78, 5) is 5.44. The number of hydrogen-bond acceptors (Lipinski definition) is 1.